The van der Waals surface area contributed by atoms with E-state index in [-0.39, 0.29) is 0 Å². The van der Waals surface area contributed by atoms with Crippen LogP contribution in [-0.2, 0) is 6.54 Å². The summed E-state index contributed by atoms with van der Waals surface area (Å²) in [7, 11) is 0. The maximum absolute atomic E-state index is 4.56. The van der Waals surface area contributed by atoms with E-state index in [1.54, 1.807) is 0 Å². The van der Waals surface area contributed by atoms with Crippen LogP contribution in [0.1, 0.15) is 25.1 Å². The highest BCUT2D eigenvalue weighted by Gasteiger charge is 2.09. The zero-order chi connectivity index (χ0) is 12.2. The zero-order valence-electron chi connectivity index (χ0n) is 10.5. The van der Waals surface area contributed by atoms with Gasteiger partial charge in [-0.25, -0.2) is 4.98 Å². The molecule has 1 heterocycles. The van der Waals surface area contributed by atoms with Crippen molar-refractivity contribution in [3.8, 4) is 0 Å². The Bertz CT molecular complexity index is 508. The van der Waals surface area contributed by atoms with Gasteiger partial charge in [-0.05, 0) is 43.9 Å². The van der Waals surface area contributed by atoms with Crippen LogP contribution in [0.3, 0.4) is 0 Å². The number of para-hydroxylation sites is 2. The number of hydrogen-bond donors (Lipinski definition) is 2. The van der Waals surface area contributed by atoms with E-state index in [9.17, 15) is 0 Å². The van der Waals surface area contributed by atoms with Crippen LogP contribution >= 0.6 is 0 Å². The van der Waals surface area contributed by atoms with Gasteiger partial charge in [-0.3, -0.25) is 0 Å². The monoisotopic (exact) mass is 241 g/mol. The average molecular weight is 241 g/mol. The Morgan fingerprint density at radius 3 is 3.06 bits per heavy atom. The van der Waals surface area contributed by atoms with E-state index in [1.807, 2.05) is 18.2 Å². The molecular formula is C15H19N3. The Balaban J connectivity index is 1.54. The zero-order valence-corrected chi connectivity index (χ0v) is 10.5. The number of imidazole rings is 1. The van der Waals surface area contributed by atoms with Gasteiger partial charge in [-0.2, -0.15) is 0 Å². The summed E-state index contributed by atoms with van der Waals surface area (Å²) < 4.78 is 0. The maximum Gasteiger partial charge on any atom is 0.121 e. The molecule has 2 N–H and O–H groups in total. The summed E-state index contributed by atoms with van der Waals surface area (Å²) in [5.41, 5.74) is 2.17. The topological polar surface area (TPSA) is 40.7 Å². The lowest BCUT2D eigenvalue weighted by atomic mass is 9.94. The van der Waals surface area contributed by atoms with Gasteiger partial charge in [0.2, 0.25) is 0 Å². The molecule has 1 aliphatic carbocycles. The first-order chi connectivity index (χ1) is 8.92. The first kappa shape index (κ1) is 11.5. The number of aromatic amines is 1. The summed E-state index contributed by atoms with van der Waals surface area (Å²) in [5.74, 6) is 1.82. The number of allylic oxidation sites excluding steroid dienone is 2. The van der Waals surface area contributed by atoms with Crippen LogP contribution in [-0.4, -0.2) is 16.5 Å². The summed E-state index contributed by atoms with van der Waals surface area (Å²) in [6, 6.07) is 8.17. The summed E-state index contributed by atoms with van der Waals surface area (Å²) >= 11 is 0. The van der Waals surface area contributed by atoms with E-state index in [1.165, 1.54) is 19.3 Å². The van der Waals surface area contributed by atoms with Gasteiger partial charge in [0.05, 0.1) is 17.6 Å². The first-order valence-corrected chi connectivity index (χ1v) is 6.71. The molecule has 2 aromatic rings. The van der Waals surface area contributed by atoms with E-state index in [2.05, 4.69) is 33.5 Å². The van der Waals surface area contributed by atoms with Gasteiger partial charge >= 0.3 is 0 Å². The number of fused-ring (bicyclic) bond motifs is 1. The van der Waals surface area contributed by atoms with Crippen LogP contribution in [0.5, 0.6) is 0 Å². The number of nitrogens with one attached hydrogen (secondary N) is 2. The summed E-state index contributed by atoms with van der Waals surface area (Å²) in [6.07, 6.45) is 8.35. The molecule has 0 amide bonds. The number of hydrogen-bond acceptors (Lipinski definition) is 2. The minimum absolute atomic E-state index is 0.791. The lowest BCUT2D eigenvalue weighted by Gasteiger charge is -2.17. The van der Waals surface area contributed by atoms with Crippen molar-refractivity contribution in [2.45, 2.75) is 25.8 Å². The van der Waals surface area contributed by atoms with E-state index in [0.717, 1.165) is 35.9 Å². The summed E-state index contributed by atoms with van der Waals surface area (Å²) in [5, 5.41) is 3.50. The second-order valence-corrected chi connectivity index (χ2v) is 4.98. The standard InChI is InChI=1S/C15H19N3/c1-2-6-12(7-3-1)10-16-11-15-17-13-8-4-5-9-14(13)18-15/h1-2,4-5,8-9,12,16H,3,6-7,10-11H2,(H,17,18). The predicted molar refractivity (Wildman–Crippen MR) is 74.3 cm³/mol. The highest BCUT2D eigenvalue weighted by atomic mass is 15.0. The fourth-order valence-corrected chi connectivity index (χ4v) is 2.53. The smallest absolute Gasteiger partial charge is 0.121 e. The SMILES string of the molecule is C1=CCC(CNCc2nc3ccccc3[nH]2)CC1. The van der Waals surface area contributed by atoms with E-state index in [0.29, 0.717) is 0 Å². The molecule has 1 atom stereocenters. The number of rotatable bonds is 4. The molecule has 1 aromatic heterocycles. The molecule has 0 radical (unpaired) electrons. The van der Waals surface area contributed by atoms with Crippen LogP contribution in [0.4, 0.5) is 0 Å². The molecule has 0 fully saturated rings. The maximum atomic E-state index is 4.56. The van der Waals surface area contributed by atoms with Crippen molar-refractivity contribution in [3.05, 3.63) is 42.2 Å². The predicted octanol–water partition coefficient (Wildman–Crippen LogP) is 3.01. The van der Waals surface area contributed by atoms with Crippen molar-refractivity contribution in [1.82, 2.24) is 15.3 Å². The molecule has 0 bridgehead atoms. The van der Waals surface area contributed by atoms with Crippen LogP contribution in [0.2, 0.25) is 0 Å². The van der Waals surface area contributed by atoms with Gasteiger partial charge in [0.1, 0.15) is 5.82 Å². The second-order valence-electron chi connectivity index (χ2n) is 4.98. The van der Waals surface area contributed by atoms with Crippen LogP contribution in [0.15, 0.2) is 36.4 Å². The van der Waals surface area contributed by atoms with Crippen molar-refractivity contribution >= 4 is 11.0 Å². The van der Waals surface area contributed by atoms with E-state index < -0.39 is 0 Å². The highest BCUT2D eigenvalue weighted by Crippen LogP contribution is 2.17. The quantitative estimate of drug-likeness (QED) is 0.808. The number of aromatic nitrogens is 2. The van der Waals surface area contributed by atoms with Crippen molar-refractivity contribution in [2.75, 3.05) is 6.54 Å². The van der Waals surface area contributed by atoms with Crippen LogP contribution in [0, 0.1) is 5.92 Å². The number of H-pyrrole nitrogens is 1. The third-order valence-corrected chi connectivity index (χ3v) is 3.54. The van der Waals surface area contributed by atoms with E-state index in [4.69, 9.17) is 0 Å². The van der Waals surface area contributed by atoms with Crippen LogP contribution < -0.4 is 5.32 Å². The van der Waals surface area contributed by atoms with Crippen molar-refractivity contribution < 1.29 is 0 Å². The lowest BCUT2D eigenvalue weighted by Crippen LogP contribution is -2.23. The molecule has 94 valence electrons. The summed E-state index contributed by atoms with van der Waals surface area (Å²) in [6.45, 7) is 1.91. The molecule has 3 nitrogen and oxygen atoms in total. The largest absolute Gasteiger partial charge is 0.341 e. The minimum Gasteiger partial charge on any atom is -0.341 e. The minimum atomic E-state index is 0.791. The Morgan fingerprint density at radius 1 is 1.28 bits per heavy atom. The molecule has 0 aliphatic heterocycles. The van der Waals surface area contributed by atoms with Gasteiger partial charge < -0.3 is 10.3 Å². The fraction of sp³-hybridized carbons (Fsp3) is 0.400. The molecule has 1 aromatic carbocycles. The Morgan fingerprint density at radius 2 is 2.22 bits per heavy atom. The Kier molecular flexibility index (Phi) is 3.42. The Labute approximate surface area is 107 Å². The molecule has 1 unspecified atom stereocenters. The van der Waals surface area contributed by atoms with Gasteiger partial charge in [-0.15, -0.1) is 0 Å². The first-order valence-electron chi connectivity index (χ1n) is 6.71. The van der Waals surface area contributed by atoms with E-state index >= 15 is 0 Å². The van der Waals surface area contributed by atoms with Crippen molar-refractivity contribution in [1.29, 1.82) is 0 Å². The lowest BCUT2D eigenvalue weighted by molar-refractivity contribution is 0.438. The molecule has 3 heteroatoms. The average Bonchev–Trinajstić information content (AvgIpc) is 2.82. The van der Waals surface area contributed by atoms with Gasteiger partial charge in [0.25, 0.3) is 0 Å². The number of nitrogens with zero attached hydrogens (tertiary/aromatic N) is 1. The molecule has 1 aliphatic rings. The molecule has 18 heavy (non-hydrogen) atoms. The molecule has 0 saturated heterocycles. The molecule has 3 rings (SSSR count). The Hall–Kier alpha value is -1.61. The van der Waals surface area contributed by atoms with Gasteiger partial charge in [0.15, 0.2) is 0 Å². The third kappa shape index (κ3) is 2.62. The molecular weight excluding hydrogens is 222 g/mol. The van der Waals surface area contributed by atoms with Gasteiger partial charge in [0, 0.05) is 0 Å². The fourth-order valence-electron chi connectivity index (χ4n) is 2.53. The third-order valence-electron chi connectivity index (χ3n) is 3.54. The van der Waals surface area contributed by atoms with Gasteiger partial charge in [-0.1, -0.05) is 24.3 Å². The normalized spacial score (nSPS) is 19.4. The highest BCUT2D eigenvalue weighted by molar-refractivity contribution is 5.74. The van der Waals surface area contributed by atoms with Crippen molar-refractivity contribution in [3.63, 3.8) is 0 Å². The van der Waals surface area contributed by atoms with Crippen LogP contribution in [0.25, 0.3) is 11.0 Å². The number of benzene rings is 1. The van der Waals surface area contributed by atoms with Crippen molar-refractivity contribution in [2.24, 2.45) is 5.92 Å². The summed E-state index contributed by atoms with van der Waals surface area (Å²) in [4.78, 5) is 7.91. The molecule has 0 saturated carbocycles. The molecule has 0 spiro atoms. The second kappa shape index (κ2) is 5.36.